The molecule has 1 spiro atoms. The minimum absolute atomic E-state index is 0.119. The van der Waals surface area contributed by atoms with Crippen molar-refractivity contribution in [3.63, 3.8) is 0 Å². The van der Waals surface area contributed by atoms with Crippen LogP contribution in [0, 0.1) is 0 Å². The van der Waals surface area contributed by atoms with Gasteiger partial charge in [-0.15, -0.1) is 0 Å². The Morgan fingerprint density at radius 3 is 3.29 bits per heavy atom. The first kappa shape index (κ1) is 8.20. The summed E-state index contributed by atoms with van der Waals surface area (Å²) in [6, 6.07) is 1.95. The molecule has 2 aliphatic rings. The van der Waals surface area contributed by atoms with Gasteiger partial charge in [0.05, 0.1) is 6.61 Å². The number of nitrogens with one attached hydrogen (secondary N) is 1. The molecule has 2 aliphatic heterocycles. The summed E-state index contributed by atoms with van der Waals surface area (Å²) < 4.78 is 5.87. The third-order valence-corrected chi connectivity index (χ3v) is 3.12. The summed E-state index contributed by atoms with van der Waals surface area (Å²) in [5, 5.41) is 3.33. The lowest BCUT2D eigenvalue weighted by Crippen LogP contribution is -2.28. The highest BCUT2D eigenvalue weighted by Crippen LogP contribution is 2.40. The van der Waals surface area contributed by atoms with Gasteiger partial charge in [-0.1, -0.05) is 0 Å². The highest BCUT2D eigenvalue weighted by Gasteiger charge is 2.42. The van der Waals surface area contributed by atoms with E-state index in [1.165, 1.54) is 11.1 Å². The first-order chi connectivity index (χ1) is 6.80. The van der Waals surface area contributed by atoms with E-state index < -0.39 is 0 Å². The van der Waals surface area contributed by atoms with Crippen LogP contribution in [0.3, 0.4) is 0 Å². The quantitative estimate of drug-likeness (QED) is 0.622. The van der Waals surface area contributed by atoms with Crippen LogP contribution >= 0.6 is 0 Å². The second kappa shape index (κ2) is 2.68. The highest BCUT2D eigenvalue weighted by atomic mass is 16.5. The number of nitrogens with zero attached hydrogens (tertiary/aromatic N) is 1. The van der Waals surface area contributed by atoms with Gasteiger partial charge in [0.15, 0.2) is 0 Å². The average molecular weight is 191 g/mol. The molecule has 4 nitrogen and oxygen atoms in total. The number of rotatable bonds is 0. The smallest absolute Gasteiger partial charge is 0.123 e. The minimum Gasteiger partial charge on any atom is -0.384 e. The molecule has 1 fully saturated rings. The molecule has 1 aromatic heterocycles. The van der Waals surface area contributed by atoms with Crippen molar-refractivity contribution >= 4 is 5.82 Å². The Hall–Kier alpha value is -1.13. The maximum absolute atomic E-state index is 5.87. The monoisotopic (exact) mass is 191 g/mol. The van der Waals surface area contributed by atoms with Gasteiger partial charge in [0, 0.05) is 18.3 Å². The van der Waals surface area contributed by atoms with Crippen molar-refractivity contribution in [3.8, 4) is 0 Å². The molecule has 0 saturated carbocycles. The predicted molar refractivity (Wildman–Crippen MR) is 52.6 cm³/mol. The molecule has 3 N–H and O–H groups in total. The van der Waals surface area contributed by atoms with Crippen LogP contribution in [0.2, 0.25) is 0 Å². The SMILES string of the molecule is Nc1cc2c(cn1)COC21CCNC1. The number of nitrogens with two attached hydrogens (primary N) is 1. The van der Waals surface area contributed by atoms with Crippen LogP contribution in [0.5, 0.6) is 0 Å². The van der Waals surface area contributed by atoms with Gasteiger partial charge in [0.2, 0.25) is 0 Å². The van der Waals surface area contributed by atoms with Crippen molar-refractivity contribution in [2.75, 3.05) is 18.8 Å². The van der Waals surface area contributed by atoms with E-state index >= 15 is 0 Å². The van der Waals surface area contributed by atoms with Gasteiger partial charge in [-0.25, -0.2) is 4.98 Å². The Morgan fingerprint density at radius 2 is 2.50 bits per heavy atom. The van der Waals surface area contributed by atoms with Crippen molar-refractivity contribution in [3.05, 3.63) is 23.4 Å². The van der Waals surface area contributed by atoms with E-state index in [-0.39, 0.29) is 5.60 Å². The van der Waals surface area contributed by atoms with E-state index in [1.807, 2.05) is 12.3 Å². The number of hydrogen-bond acceptors (Lipinski definition) is 4. The second-order valence-corrected chi connectivity index (χ2v) is 3.98. The lowest BCUT2D eigenvalue weighted by molar-refractivity contribution is -0.0218. The van der Waals surface area contributed by atoms with Crippen LogP contribution in [0.15, 0.2) is 12.3 Å². The number of nitrogen functional groups attached to an aromatic ring is 1. The third-order valence-electron chi connectivity index (χ3n) is 3.12. The molecule has 74 valence electrons. The average Bonchev–Trinajstić information content (AvgIpc) is 2.77. The van der Waals surface area contributed by atoms with Gasteiger partial charge in [-0.2, -0.15) is 0 Å². The van der Waals surface area contributed by atoms with E-state index in [0.29, 0.717) is 12.4 Å². The number of hydrogen-bond donors (Lipinski definition) is 2. The fourth-order valence-electron chi connectivity index (χ4n) is 2.35. The number of ether oxygens (including phenoxy) is 1. The zero-order valence-electron chi connectivity index (χ0n) is 7.92. The lowest BCUT2D eigenvalue weighted by Gasteiger charge is -2.22. The summed E-state index contributed by atoms with van der Waals surface area (Å²) in [7, 11) is 0. The minimum atomic E-state index is -0.119. The third kappa shape index (κ3) is 0.980. The first-order valence-electron chi connectivity index (χ1n) is 4.90. The predicted octanol–water partition coefficient (Wildman–Crippen LogP) is 0.383. The Kier molecular flexibility index (Phi) is 1.57. The van der Waals surface area contributed by atoms with E-state index in [0.717, 1.165) is 19.5 Å². The van der Waals surface area contributed by atoms with Crippen molar-refractivity contribution in [2.24, 2.45) is 0 Å². The van der Waals surface area contributed by atoms with Gasteiger partial charge in [0.25, 0.3) is 0 Å². The summed E-state index contributed by atoms with van der Waals surface area (Å²) >= 11 is 0. The molecule has 0 bridgehead atoms. The van der Waals surface area contributed by atoms with E-state index in [1.54, 1.807) is 0 Å². The van der Waals surface area contributed by atoms with Crippen molar-refractivity contribution in [2.45, 2.75) is 18.6 Å². The number of fused-ring (bicyclic) bond motifs is 2. The van der Waals surface area contributed by atoms with Crippen LogP contribution < -0.4 is 11.1 Å². The van der Waals surface area contributed by atoms with E-state index in [9.17, 15) is 0 Å². The molecule has 1 atom stereocenters. The molecule has 1 saturated heterocycles. The molecule has 0 aromatic carbocycles. The molecule has 3 heterocycles. The van der Waals surface area contributed by atoms with Gasteiger partial charge in [-0.3, -0.25) is 0 Å². The first-order valence-corrected chi connectivity index (χ1v) is 4.90. The standard InChI is InChI=1S/C10H13N3O/c11-9-3-8-7(4-13-9)5-14-10(8)1-2-12-6-10/h3-4,12H,1-2,5-6H2,(H2,11,13). The maximum atomic E-state index is 5.87. The van der Waals surface area contributed by atoms with Crippen LogP contribution in [0.4, 0.5) is 5.82 Å². The molecule has 14 heavy (non-hydrogen) atoms. The number of pyridine rings is 1. The van der Waals surface area contributed by atoms with Crippen LogP contribution in [0.1, 0.15) is 17.5 Å². The van der Waals surface area contributed by atoms with E-state index in [4.69, 9.17) is 10.5 Å². The molecular weight excluding hydrogens is 178 g/mol. The molecule has 0 aliphatic carbocycles. The van der Waals surface area contributed by atoms with Crippen LogP contribution in [-0.4, -0.2) is 18.1 Å². The Bertz CT molecular complexity index is 372. The Labute approximate surface area is 82.5 Å². The largest absolute Gasteiger partial charge is 0.384 e. The van der Waals surface area contributed by atoms with Crippen LogP contribution in [-0.2, 0) is 16.9 Å². The summed E-state index contributed by atoms with van der Waals surface area (Å²) in [6.45, 7) is 2.58. The summed E-state index contributed by atoms with van der Waals surface area (Å²) in [5.74, 6) is 0.584. The fourth-order valence-corrected chi connectivity index (χ4v) is 2.35. The summed E-state index contributed by atoms with van der Waals surface area (Å²) in [4.78, 5) is 4.08. The summed E-state index contributed by atoms with van der Waals surface area (Å²) in [5.41, 5.74) is 7.99. The van der Waals surface area contributed by atoms with Gasteiger partial charge >= 0.3 is 0 Å². The number of anilines is 1. The fraction of sp³-hybridized carbons (Fsp3) is 0.500. The lowest BCUT2D eigenvalue weighted by atomic mass is 9.93. The summed E-state index contributed by atoms with van der Waals surface area (Å²) in [6.07, 6.45) is 2.86. The molecular formula is C10H13N3O. The topological polar surface area (TPSA) is 60.2 Å². The van der Waals surface area contributed by atoms with Crippen molar-refractivity contribution in [1.29, 1.82) is 0 Å². The van der Waals surface area contributed by atoms with Crippen molar-refractivity contribution in [1.82, 2.24) is 10.3 Å². The molecule has 4 heteroatoms. The molecule has 3 rings (SSSR count). The van der Waals surface area contributed by atoms with Crippen molar-refractivity contribution < 1.29 is 4.74 Å². The zero-order valence-corrected chi connectivity index (χ0v) is 7.92. The molecule has 1 aromatic rings. The molecule has 0 amide bonds. The second-order valence-electron chi connectivity index (χ2n) is 3.98. The molecule has 0 radical (unpaired) electrons. The number of aromatic nitrogens is 1. The van der Waals surface area contributed by atoms with Gasteiger partial charge < -0.3 is 15.8 Å². The maximum Gasteiger partial charge on any atom is 0.123 e. The Balaban J connectivity index is 2.12. The van der Waals surface area contributed by atoms with Gasteiger partial charge in [-0.05, 0) is 24.6 Å². The highest BCUT2D eigenvalue weighted by molar-refractivity contribution is 5.43. The van der Waals surface area contributed by atoms with Crippen LogP contribution in [0.25, 0.3) is 0 Å². The van der Waals surface area contributed by atoms with Gasteiger partial charge in [0.1, 0.15) is 11.4 Å². The normalized spacial score (nSPS) is 29.7. The molecule has 1 unspecified atom stereocenters. The van der Waals surface area contributed by atoms with E-state index in [2.05, 4.69) is 10.3 Å². The Morgan fingerprint density at radius 1 is 1.57 bits per heavy atom. The zero-order chi connectivity index (χ0) is 9.60.